The predicted molar refractivity (Wildman–Crippen MR) is 61.6 cm³/mol. The summed E-state index contributed by atoms with van der Waals surface area (Å²) in [5.74, 6) is 1.68. The maximum absolute atomic E-state index is 5.47. The molecule has 0 N–H and O–H groups in total. The lowest BCUT2D eigenvalue weighted by atomic mass is 10.1. The summed E-state index contributed by atoms with van der Waals surface area (Å²) in [6.07, 6.45) is 3.69. The zero-order chi connectivity index (χ0) is 10.7. The Labute approximate surface area is 89.6 Å². The molecule has 0 radical (unpaired) electrons. The zero-order valence-corrected chi connectivity index (χ0v) is 8.90. The van der Waals surface area contributed by atoms with Crippen molar-refractivity contribution >= 4 is 5.71 Å². The lowest BCUT2D eigenvalue weighted by Crippen LogP contribution is -1.96. The molecular formula is C13H13NO. The van der Waals surface area contributed by atoms with Crippen LogP contribution in [0.4, 0.5) is 0 Å². The Morgan fingerprint density at radius 3 is 2.47 bits per heavy atom. The average molecular weight is 199 g/mol. The third-order valence-corrected chi connectivity index (χ3v) is 2.12. The molecule has 15 heavy (non-hydrogen) atoms. The van der Waals surface area contributed by atoms with Crippen molar-refractivity contribution in [3.8, 4) is 0 Å². The highest BCUT2D eigenvalue weighted by molar-refractivity contribution is 6.09. The molecule has 0 saturated carbocycles. The van der Waals surface area contributed by atoms with E-state index in [1.807, 2.05) is 50.3 Å². The van der Waals surface area contributed by atoms with E-state index < -0.39 is 0 Å². The number of aliphatic imine (C=N–C) groups is 1. The van der Waals surface area contributed by atoms with Crippen LogP contribution in [0.5, 0.6) is 0 Å². The van der Waals surface area contributed by atoms with Gasteiger partial charge in [0.15, 0.2) is 0 Å². The molecule has 0 aliphatic carbocycles. The first kappa shape index (κ1) is 9.71. The summed E-state index contributed by atoms with van der Waals surface area (Å²) in [5.41, 5.74) is 2.04. The summed E-state index contributed by atoms with van der Waals surface area (Å²) in [7, 11) is 0. The Morgan fingerprint density at radius 1 is 1.00 bits per heavy atom. The summed E-state index contributed by atoms with van der Waals surface area (Å²) in [6, 6.07) is 10.1. The summed E-state index contributed by atoms with van der Waals surface area (Å²) in [4.78, 5) is 4.38. The maximum Gasteiger partial charge on any atom is 0.119 e. The van der Waals surface area contributed by atoms with Gasteiger partial charge in [0, 0.05) is 11.6 Å². The molecule has 0 fully saturated rings. The molecule has 1 aromatic rings. The minimum absolute atomic E-state index is 0.815. The van der Waals surface area contributed by atoms with Crippen LogP contribution in [0.1, 0.15) is 19.4 Å². The Hall–Kier alpha value is -1.83. The summed E-state index contributed by atoms with van der Waals surface area (Å²) in [5, 5.41) is 0. The smallest absolute Gasteiger partial charge is 0.119 e. The van der Waals surface area contributed by atoms with Crippen molar-refractivity contribution in [2.75, 3.05) is 0 Å². The van der Waals surface area contributed by atoms with E-state index in [1.54, 1.807) is 6.20 Å². The van der Waals surface area contributed by atoms with Crippen LogP contribution in [0.3, 0.4) is 0 Å². The monoisotopic (exact) mass is 199 g/mol. The van der Waals surface area contributed by atoms with E-state index in [0.717, 1.165) is 22.8 Å². The molecule has 0 amide bonds. The van der Waals surface area contributed by atoms with E-state index in [0.29, 0.717) is 0 Å². The molecule has 1 aliphatic heterocycles. The fraction of sp³-hybridized carbons (Fsp3) is 0.154. The van der Waals surface area contributed by atoms with Crippen molar-refractivity contribution in [3.63, 3.8) is 0 Å². The molecule has 2 rings (SSSR count). The second-order valence-electron chi connectivity index (χ2n) is 3.48. The van der Waals surface area contributed by atoms with Crippen LogP contribution in [0.2, 0.25) is 0 Å². The zero-order valence-electron chi connectivity index (χ0n) is 8.90. The van der Waals surface area contributed by atoms with Gasteiger partial charge in [-0.05, 0) is 13.8 Å². The van der Waals surface area contributed by atoms with Crippen LogP contribution in [0.25, 0.3) is 0 Å². The van der Waals surface area contributed by atoms with Gasteiger partial charge in [0.2, 0.25) is 0 Å². The predicted octanol–water partition coefficient (Wildman–Crippen LogP) is 3.27. The van der Waals surface area contributed by atoms with Crippen LogP contribution < -0.4 is 0 Å². The molecule has 1 aromatic carbocycles. The topological polar surface area (TPSA) is 21.6 Å². The summed E-state index contributed by atoms with van der Waals surface area (Å²) >= 11 is 0. The molecule has 0 atom stereocenters. The Bertz CT molecular complexity index is 441. The number of hydrogen-bond donors (Lipinski definition) is 0. The first-order valence-electron chi connectivity index (χ1n) is 4.92. The number of hydrogen-bond acceptors (Lipinski definition) is 2. The van der Waals surface area contributed by atoms with Crippen molar-refractivity contribution in [3.05, 3.63) is 59.7 Å². The first-order valence-corrected chi connectivity index (χ1v) is 4.92. The van der Waals surface area contributed by atoms with Gasteiger partial charge < -0.3 is 4.74 Å². The van der Waals surface area contributed by atoms with Gasteiger partial charge in [-0.3, -0.25) is 4.99 Å². The molecule has 76 valence electrons. The molecule has 0 unspecified atom stereocenters. The number of benzene rings is 1. The minimum atomic E-state index is 0.815. The molecule has 0 bridgehead atoms. The van der Waals surface area contributed by atoms with Gasteiger partial charge in [0.25, 0.3) is 0 Å². The largest absolute Gasteiger partial charge is 0.465 e. The molecule has 1 aliphatic rings. The second-order valence-corrected chi connectivity index (χ2v) is 3.48. The van der Waals surface area contributed by atoms with Gasteiger partial charge in [-0.1, -0.05) is 30.3 Å². The Balaban J connectivity index is 2.41. The number of allylic oxidation sites excluding steroid dienone is 3. The lowest BCUT2D eigenvalue weighted by Gasteiger charge is -2.02. The molecule has 0 spiro atoms. The maximum atomic E-state index is 5.47. The summed E-state index contributed by atoms with van der Waals surface area (Å²) < 4.78 is 5.47. The Morgan fingerprint density at radius 2 is 1.73 bits per heavy atom. The Kier molecular flexibility index (Phi) is 2.68. The third kappa shape index (κ3) is 2.34. The van der Waals surface area contributed by atoms with Crippen molar-refractivity contribution in [2.24, 2.45) is 4.99 Å². The van der Waals surface area contributed by atoms with E-state index in [9.17, 15) is 0 Å². The van der Waals surface area contributed by atoms with Crippen LogP contribution in [0, 0.1) is 0 Å². The van der Waals surface area contributed by atoms with E-state index in [-0.39, 0.29) is 0 Å². The van der Waals surface area contributed by atoms with Crippen LogP contribution in [-0.2, 0) is 4.74 Å². The van der Waals surface area contributed by atoms with Crippen molar-refractivity contribution in [1.29, 1.82) is 0 Å². The standard InChI is InChI=1S/C13H13NO/c1-10-8-13(14-9-11(2)15-10)12-6-4-3-5-7-12/h3-9H,1-2H3. The summed E-state index contributed by atoms with van der Waals surface area (Å²) in [6.45, 7) is 3.83. The van der Waals surface area contributed by atoms with E-state index in [4.69, 9.17) is 4.74 Å². The van der Waals surface area contributed by atoms with Crippen LogP contribution in [-0.4, -0.2) is 5.71 Å². The van der Waals surface area contributed by atoms with Gasteiger partial charge in [-0.15, -0.1) is 0 Å². The molecular weight excluding hydrogens is 186 g/mol. The SMILES string of the molecule is CC1=CN=C(c2ccccc2)C=C(C)O1. The third-order valence-electron chi connectivity index (χ3n) is 2.12. The van der Waals surface area contributed by atoms with Crippen LogP contribution >= 0.6 is 0 Å². The molecule has 0 aromatic heterocycles. The van der Waals surface area contributed by atoms with Gasteiger partial charge in [0.05, 0.1) is 11.9 Å². The van der Waals surface area contributed by atoms with Crippen molar-refractivity contribution in [2.45, 2.75) is 13.8 Å². The van der Waals surface area contributed by atoms with Gasteiger partial charge in [0.1, 0.15) is 11.5 Å². The minimum Gasteiger partial charge on any atom is -0.465 e. The highest BCUT2D eigenvalue weighted by Gasteiger charge is 2.04. The van der Waals surface area contributed by atoms with E-state index in [2.05, 4.69) is 4.99 Å². The second kappa shape index (κ2) is 4.13. The van der Waals surface area contributed by atoms with Gasteiger partial charge >= 0.3 is 0 Å². The number of ether oxygens (including phenoxy) is 1. The molecule has 1 heterocycles. The van der Waals surface area contributed by atoms with E-state index in [1.165, 1.54) is 0 Å². The normalized spacial score (nSPS) is 15.7. The number of nitrogens with zero attached hydrogens (tertiary/aromatic N) is 1. The highest BCUT2D eigenvalue weighted by atomic mass is 16.5. The molecule has 2 heteroatoms. The lowest BCUT2D eigenvalue weighted by molar-refractivity contribution is 0.310. The van der Waals surface area contributed by atoms with Gasteiger partial charge in [-0.25, -0.2) is 0 Å². The van der Waals surface area contributed by atoms with Gasteiger partial charge in [-0.2, -0.15) is 0 Å². The fourth-order valence-corrected chi connectivity index (χ4v) is 1.47. The van der Waals surface area contributed by atoms with Crippen molar-refractivity contribution < 1.29 is 4.74 Å². The van der Waals surface area contributed by atoms with E-state index >= 15 is 0 Å². The first-order chi connectivity index (χ1) is 7.25. The quantitative estimate of drug-likeness (QED) is 0.680. The fourth-order valence-electron chi connectivity index (χ4n) is 1.47. The average Bonchev–Trinajstić information content (AvgIpc) is 2.41. The molecule has 2 nitrogen and oxygen atoms in total. The number of rotatable bonds is 1. The molecule has 0 saturated heterocycles. The highest BCUT2D eigenvalue weighted by Crippen LogP contribution is 2.13. The van der Waals surface area contributed by atoms with Crippen LogP contribution in [0.15, 0.2) is 59.1 Å². The van der Waals surface area contributed by atoms with Crippen molar-refractivity contribution in [1.82, 2.24) is 0 Å².